The van der Waals surface area contributed by atoms with Crippen LogP contribution in [-0.4, -0.2) is 18.2 Å². The molecular weight excluding hydrogens is 237 g/mol. The number of hydrogen-bond acceptors (Lipinski definition) is 3. The summed E-state index contributed by atoms with van der Waals surface area (Å²) in [5.41, 5.74) is -0.459. The Hall–Kier alpha value is -0.620. The first kappa shape index (κ1) is 13.4. The van der Waals surface area contributed by atoms with Gasteiger partial charge in [-0.2, -0.15) is 13.2 Å². The largest absolute Gasteiger partial charge is 0.389 e. The van der Waals surface area contributed by atoms with Crippen LogP contribution in [0.2, 0.25) is 0 Å². The van der Waals surface area contributed by atoms with Crippen LogP contribution in [0, 0.1) is 0 Å². The molecule has 1 atom stereocenters. The number of aromatic nitrogens is 1. The van der Waals surface area contributed by atoms with E-state index in [2.05, 4.69) is 10.3 Å². The smallest absolute Gasteiger partial charge is 0.309 e. The highest BCUT2D eigenvalue weighted by Gasteiger charge is 2.31. The summed E-state index contributed by atoms with van der Waals surface area (Å²) in [7, 11) is 1.75. The Morgan fingerprint density at radius 3 is 2.50 bits per heavy atom. The van der Waals surface area contributed by atoms with E-state index in [1.807, 2.05) is 12.3 Å². The normalized spacial score (nSPS) is 16.1. The third kappa shape index (κ3) is 3.75. The van der Waals surface area contributed by atoms with Crippen molar-refractivity contribution in [2.45, 2.75) is 37.9 Å². The van der Waals surface area contributed by atoms with Crippen LogP contribution in [0.3, 0.4) is 0 Å². The molecule has 1 rings (SSSR count). The van der Waals surface area contributed by atoms with Crippen LogP contribution in [0.25, 0.3) is 0 Å². The maximum Gasteiger partial charge on any atom is 0.389 e. The molecule has 0 aliphatic heterocycles. The minimum absolute atomic E-state index is 0.112. The van der Waals surface area contributed by atoms with Gasteiger partial charge in [-0.3, -0.25) is 0 Å². The second kappa shape index (κ2) is 5.14. The van der Waals surface area contributed by atoms with Crippen molar-refractivity contribution >= 4 is 11.3 Å². The first-order valence-electron chi connectivity index (χ1n) is 5.03. The van der Waals surface area contributed by atoms with Crippen molar-refractivity contribution in [1.82, 2.24) is 10.3 Å². The topological polar surface area (TPSA) is 24.9 Å². The van der Waals surface area contributed by atoms with Gasteiger partial charge in [0.2, 0.25) is 0 Å². The predicted molar refractivity (Wildman–Crippen MR) is 58.4 cm³/mol. The molecule has 2 nitrogen and oxygen atoms in total. The zero-order chi connectivity index (χ0) is 12.2. The molecule has 0 radical (unpaired) electrons. The molecule has 0 fully saturated rings. The summed E-state index contributed by atoms with van der Waals surface area (Å²) in [6, 6.07) is 0. The molecule has 0 amide bonds. The molecular formula is C10H15F3N2S. The number of alkyl halides is 3. The van der Waals surface area contributed by atoms with Gasteiger partial charge in [0.1, 0.15) is 5.01 Å². The van der Waals surface area contributed by atoms with Gasteiger partial charge in [-0.05, 0) is 26.8 Å². The molecule has 0 aliphatic carbocycles. The second-order valence-electron chi connectivity index (χ2n) is 3.89. The van der Waals surface area contributed by atoms with Crippen molar-refractivity contribution in [2.24, 2.45) is 0 Å². The van der Waals surface area contributed by atoms with Gasteiger partial charge in [0, 0.05) is 18.0 Å². The van der Waals surface area contributed by atoms with Crippen molar-refractivity contribution < 1.29 is 13.2 Å². The Balaban J connectivity index is 2.55. The van der Waals surface area contributed by atoms with E-state index >= 15 is 0 Å². The summed E-state index contributed by atoms with van der Waals surface area (Å²) in [6.45, 7) is 1.88. The standard InChI is InChI=1S/C10H15F3N2S/c1-9(14-2,8-15-6-7-16-8)4-3-5-10(11,12)13/h6-7,14H,3-5H2,1-2H3. The van der Waals surface area contributed by atoms with Gasteiger partial charge in [0.05, 0.1) is 5.54 Å². The summed E-state index contributed by atoms with van der Waals surface area (Å²) in [6.07, 6.45) is -2.61. The Bertz CT molecular complexity index is 310. The summed E-state index contributed by atoms with van der Waals surface area (Å²) in [5.74, 6) is 0. The Kier molecular flexibility index (Phi) is 4.32. The third-order valence-corrected chi connectivity index (χ3v) is 3.63. The van der Waals surface area contributed by atoms with Crippen molar-refractivity contribution in [2.75, 3.05) is 7.05 Å². The number of nitrogens with one attached hydrogen (secondary N) is 1. The molecule has 1 aromatic rings. The fourth-order valence-electron chi connectivity index (χ4n) is 1.48. The van der Waals surface area contributed by atoms with Crippen LogP contribution >= 0.6 is 11.3 Å². The zero-order valence-electron chi connectivity index (χ0n) is 9.27. The molecule has 0 bridgehead atoms. The molecule has 1 N–H and O–H groups in total. The lowest BCUT2D eigenvalue weighted by atomic mass is 9.95. The summed E-state index contributed by atoms with van der Waals surface area (Å²) in [4.78, 5) is 4.15. The van der Waals surface area contributed by atoms with E-state index in [4.69, 9.17) is 0 Å². The van der Waals surface area contributed by atoms with E-state index < -0.39 is 18.1 Å². The Labute approximate surface area is 96.9 Å². The number of hydrogen-bond donors (Lipinski definition) is 1. The SMILES string of the molecule is CNC(C)(CCCC(F)(F)F)c1nccs1. The van der Waals surface area contributed by atoms with Crippen LogP contribution in [0.1, 0.15) is 31.2 Å². The molecule has 6 heteroatoms. The van der Waals surface area contributed by atoms with E-state index in [9.17, 15) is 13.2 Å². The fourth-order valence-corrected chi connectivity index (χ4v) is 2.31. The summed E-state index contributed by atoms with van der Waals surface area (Å²) in [5, 5.41) is 5.71. The van der Waals surface area contributed by atoms with Gasteiger partial charge >= 0.3 is 6.18 Å². The highest BCUT2D eigenvalue weighted by atomic mass is 32.1. The van der Waals surface area contributed by atoms with Gasteiger partial charge in [0.15, 0.2) is 0 Å². The zero-order valence-corrected chi connectivity index (χ0v) is 10.1. The number of rotatable bonds is 5. The van der Waals surface area contributed by atoms with Gasteiger partial charge in [0.25, 0.3) is 0 Å². The third-order valence-electron chi connectivity index (χ3n) is 2.59. The van der Waals surface area contributed by atoms with Gasteiger partial charge in [-0.25, -0.2) is 4.98 Å². The van der Waals surface area contributed by atoms with Crippen molar-refractivity contribution in [1.29, 1.82) is 0 Å². The lowest BCUT2D eigenvalue weighted by Gasteiger charge is -2.27. The molecule has 0 spiro atoms. The minimum atomic E-state index is -4.07. The molecule has 1 unspecified atom stereocenters. The molecule has 0 saturated carbocycles. The van der Waals surface area contributed by atoms with Crippen LogP contribution < -0.4 is 5.32 Å². The number of thiazole rings is 1. The Morgan fingerprint density at radius 2 is 2.06 bits per heavy atom. The average Bonchev–Trinajstić information content (AvgIpc) is 2.68. The van der Waals surface area contributed by atoms with E-state index in [0.717, 1.165) is 5.01 Å². The van der Waals surface area contributed by atoms with Crippen LogP contribution in [-0.2, 0) is 5.54 Å². The molecule has 92 valence electrons. The maximum absolute atomic E-state index is 12.0. The fraction of sp³-hybridized carbons (Fsp3) is 0.700. The highest BCUT2D eigenvalue weighted by molar-refractivity contribution is 7.09. The average molecular weight is 252 g/mol. The van der Waals surface area contributed by atoms with Crippen molar-refractivity contribution in [3.05, 3.63) is 16.6 Å². The van der Waals surface area contributed by atoms with Crippen LogP contribution in [0.4, 0.5) is 13.2 Å². The van der Waals surface area contributed by atoms with E-state index in [0.29, 0.717) is 6.42 Å². The molecule has 1 heterocycles. The van der Waals surface area contributed by atoms with E-state index in [-0.39, 0.29) is 6.42 Å². The number of nitrogens with zero attached hydrogens (tertiary/aromatic N) is 1. The van der Waals surface area contributed by atoms with Gasteiger partial charge in [-0.15, -0.1) is 11.3 Å². The first-order chi connectivity index (χ1) is 7.37. The van der Waals surface area contributed by atoms with E-state index in [1.165, 1.54) is 11.3 Å². The monoisotopic (exact) mass is 252 g/mol. The lowest BCUT2D eigenvalue weighted by molar-refractivity contribution is -0.136. The van der Waals surface area contributed by atoms with Crippen LogP contribution in [0.5, 0.6) is 0 Å². The Morgan fingerprint density at radius 1 is 1.38 bits per heavy atom. The van der Waals surface area contributed by atoms with E-state index in [1.54, 1.807) is 13.2 Å². The maximum atomic E-state index is 12.0. The van der Waals surface area contributed by atoms with Crippen molar-refractivity contribution in [3.63, 3.8) is 0 Å². The minimum Gasteiger partial charge on any atom is -0.309 e. The molecule has 0 saturated heterocycles. The summed E-state index contributed by atoms with van der Waals surface area (Å²) >= 11 is 1.46. The quantitative estimate of drug-likeness (QED) is 0.869. The summed E-state index contributed by atoms with van der Waals surface area (Å²) < 4.78 is 36.1. The first-order valence-corrected chi connectivity index (χ1v) is 5.91. The molecule has 0 aromatic carbocycles. The molecule has 0 aliphatic rings. The van der Waals surface area contributed by atoms with Gasteiger partial charge < -0.3 is 5.32 Å². The van der Waals surface area contributed by atoms with Crippen molar-refractivity contribution in [3.8, 4) is 0 Å². The molecule has 1 aromatic heterocycles. The van der Waals surface area contributed by atoms with Gasteiger partial charge in [-0.1, -0.05) is 0 Å². The van der Waals surface area contributed by atoms with Crippen LogP contribution in [0.15, 0.2) is 11.6 Å². The number of halogens is 3. The molecule has 16 heavy (non-hydrogen) atoms. The highest BCUT2D eigenvalue weighted by Crippen LogP contribution is 2.30. The second-order valence-corrected chi connectivity index (χ2v) is 4.78. The lowest BCUT2D eigenvalue weighted by Crippen LogP contribution is -2.36. The predicted octanol–water partition coefficient (Wildman–Crippen LogP) is 3.31.